The maximum atomic E-state index is 6.02. The van der Waals surface area contributed by atoms with Crippen LogP contribution < -0.4 is 10.5 Å². The third kappa shape index (κ3) is 3.77. The van der Waals surface area contributed by atoms with E-state index in [2.05, 4.69) is 32.3 Å². The topological polar surface area (TPSA) is 38.5 Å². The molecule has 0 spiro atoms. The summed E-state index contributed by atoms with van der Waals surface area (Å²) in [4.78, 5) is 2.32. The summed E-state index contributed by atoms with van der Waals surface area (Å²) in [6.45, 7) is 12.0. The summed E-state index contributed by atoms with van der Waals surface area (Å²) in [5.41, 5.74) is 7.99. The Kier molecular flexibility index (Phi) is 4.79. The lowest BCUT2D eigenvalue weighted by molar-refractivity contribution is 0.145. The predicted octanol–water partition coefficient (Wildman–Crippen LogP) is 3.06. The predicted molar refractivity (Wildman–Crippen MR) is 77.8 cm³/mol. The molecule has 0 aliphatic carbocycles. The van der Waals surface area contributed by atoms with Crippen LogP contribution in [0.4, 0.5) is 5.69 Å². The molecule has 0 heterocycles. The fourth-order valence-corrected chi connectivity index (χ4v) is 1.78. The molecule has 0 radical (unpaired) electrons. The first-order valence-electron chi connectivity index (χ1n) is 6.17. The van der Waals surface area contributed by atoms with Gasteiger partial charge in [-0.2, -0.15) is 0 Å². The lowest BCUT2D eigenvalue weighted by atomic mass is 10.0. The Hall–Kier alpha value is -1.48. The van der Waals surface area contributed by atoms with E-state index in [1.54, 1.807) is 7.11 Å². The van der Waals surface area contributed by atoms with Crippen molar-refractivity contribution in [2.45, 2.75) is 32.9 Å². The summed E-state index contributed by atoms with van der Waals surface area (Å²) in [6.07, 6.45) is 1.92. The van der Waals surface area contributed by atoms with E-state index < -0.39 is 0 Å². The molecule has 2 N–H and O–H groups in total. The van der Waals surface area contributed by atoms with Crippen molar-refractivity contribution in [3.8, 4) is 5.75 Å². The number of nitrogens with zero attached hydrogens (tertiary/aromatic N) is 1. The fourth-order valence-electron chi connectivity index (χ4n) is 1.78. The largest absolute Gasteiger partial charge is 0.497 e. The van der Waals surface area contributed by atoms with Gasteiger partial charge >= 0.3 is 0 Å². The first kappa shape index (κ1) is 14.6. The third-order valence-electron chi connectivity index (χ3n) is 3.01. The van der Waals surface area contributed by atoms with Gasteiger partial charge in [0.1, 0.15) is 5.75 Å². The second-order valence-electron chi connectivity index (χ2n) is 5.40. The molecular weight excluding hydrogens is 224 g/mol. The smallest absolute Gasteiger partial charge is 0.119 e. The molecule has 1 aromatic carbocycles. The van der Waals surface area contributed by atoms with Crippen molar-refractivity contribution in [1.82, 2.24) is 4.90 Å². The van der Waals surface area contributed by atoms with Gasteiger partial charge in [0.05, 0.1) is 7.11 Å². The molecule has 0 unspecified atom stereocenters. The number of hydrogen-bond acceptors (Lipinski definition) is 3. The maximum absolute atomic E-state index is 6.02. The molecule has 3 heteroatoms. The second kappa shape index (κ2) is 5.91. The third-order valence-corrected chi connectivity index (χ3v) is 3.01. The van der Waals surface area contributed by atoms with E-state index in [4.69, 9.17) is 10.5 Å². The first-order chi connectivity index (χ1) is 8.38. The van der Waals surface area contributed by atoms with Crippen LogP contribution in [0, 0.1) is 0 Å². The van der Waals surface area contributed by atoms with Crippen LogP contribution in [-0.2, 0) is 6.54 Å². The highest BCUT2D eigenvalue weighted by Gasteiger charge is 2.21. The molecule has 0 aliphatic heterocycles. The molecule has 0 amide bonds. The number of ether oxygens (including phenoxy) is 1. The van der Waals surface area contributed by atoms with Crippen molar-refractivity contribution < 1.29 is 4.74 Å². The minimum absolute atomic E-state index is 0.0731. The zero-order valence-corrected chi connectivity index (χ0v) is 11.9. The summed E-state index contributed by atoms with van der Waals surface area (Å²) in [5.74, 6) is 0.840. The molecule has 1 rings (SSSR count). The van der Waals surface area contributed by atoms with Crippen molar-refractivity contribution in [1.29, 1.82) is 0 Å². The molecule has 0 atom stereocenters. The van der Waals surface area contributed by atoms with Crippen molar-refractivity contribution in [2.24, 2.45) is 0 Å². The Labute approximate surface area is 110 Å². The van der Waals surface area contributed by atoms with Gasteiger partial charge in [-0.1, -0.05) is 6.08 Å². The average Bonchev–Trinajstić information content (AvgIpc) is 2.30. The van der Waals surface area contributed by atoms with E-state index in [1.165, 1.54) is 0 Å². The number of nitrogen functional groups attached to an aromatic ring is 1. The molecule has 0 aromatic heterocycles. The van der Waals surface area contributed by atoms with Gasteiger partial charge in [0.2, 0.25) is 0 Å². The highest BCUT2D eigenvalue weighted by Crippen LogP contribution is 2.24. The lowest BCUT2D eigenvalue weighted by Crippen LogP contribution is -2.40. The summed E-state index contributed by atoms with van der Waals surface area (Å²) >= 11 is 0. The van der Waals surface area contributed by atoms with Crippen molar-refractivity contribution in [3.05, 3.63) is 36.4 Å². The van der Waals surface area contributed by atoms with E-state index in [0.717, 1.165) is 30.1 Å². The summed E-state index contributed by atoms with van der Waals surface area (Å²) in [6, 6.07) is 5.77. The molecule has 18 heavy (non-hydrogen) atoms. The van der Waals surface area contributed by atoms with Crippen LogP contribution in [0.1, 0.15) is 26.3 Å². The summed E-state index contributed by atoms with van der Waals surface area (Å²) in [5, 5.41) is 0. The second-order valence-corrected chi connectivity index (χ2v) is 5.40. The molecule has 3 nitrogen and oxygen atoms in total. The van der Waals surface area contributed by atoms with Gasteiger partial charge < -0.3 is 10.5 Å². The average molecular weight is 248 g/mol. The maximum Gasteiger partial charge on any atom is 0.119 e. The molecule has 0 aliphatic rings. The molecule has 0 bridgehead atoms. The monoisotopic (exact) mass is 248 g/mol. The van der Waals surface area contributed by atoms with E-state index >= 15 is 0 Å². The van der Waals surface area contributed by atoms with Crippen molar-refractivity contribution >= 4 is 5.69 Å². The highest BCUT2D eigenvalue weighted by atomic mass is 16.5. The van der Waals surface area contributed by atoms with Gasteiger partial charge in [0.25, 0.3) is 0 Å². The van der Waals surface area contributed by atoms with Crippen molar-refractivity contribution in [2.75, 3.05) is 19.4 Å². The number of nitrogens with two attached hydrogens (primary N) is 1. The van der Waals surface area contributed by atoms with Gasteiger partial charge in [0, 0.05) is 24.3 Å². The normalized spacial score (nSPS) is 11.6. The van der Waals surface area contributed by atoms with Crippen LogP contribution in [0.25, 0.3) is 0 Å². The number of benzene rings is 1. The molecule has 0 fully saturated rings. The Balaban J connectivity index is 2.96. The fraction of sp³-hybridized carbons (Fsp3) is 0.467. The number of anilines is 1. The van der Waals surface area contributed by atoms with Crippen LogP contribution in [0.3, 0.4) is 0 Å². The van der Waals surface area contributed by atoms with Gasteiger partial charge in [-0.25, -0.2) is 0 Å². The first-order valence-corrected chi connectivity index (χ1v) is 6.17. The van der Waals surface area contributed by atoms with Crippen LogP contribution >= 0.6 is 0 Å². The standard InChI is InChI=1S/C15H24N2O/c1-6-9-17(15(2,3)4)11-12-10-13(18-5)7-8-14(12)16/h6-8,10H,1,9,11,16H2,2-5H3. The van der Waals surface area contributed by atoms with E-state index in [1.807, 2.05) is 24.3 Å². The lowest BCUT2D eigenvalue weighted by Gasteiger charge is -2.35. The van der Waals surface area contributed by atoms with Gasteiger partial charge in [-0.3, -0.25) is 4.90 Å². The Morgan fingerprint density at radius 2 is 2.06 bits per heavy atom. The van der Waals surface area contributed by atoms with Crippen LogP contribution in [0.5, 0.6) is 5.75 Å². The van der Waals surface area contributed by atoms with E-state index in [0.29, 0.717) is 0 Å². The van der Waals surface area contributed by atoms with Gasteiger partial charge in [-0.15, -0.1) is 6.58 Å². The quantitative estimate of drug-likeness (QED) is 0.643. The van der Waals surface area contributed by atoms with Crippen LogP contribution in [0.15, 0.2) is 30.9 Å². The van der Waals surface area contributed by atoms with Crippen LogP contribution in [-0.4, -0.2) is 24.1 Å². The highest BCUT2D eigenvalue weighted by molar-refractivity contribution is 5.50. The Morgan fingerprint density at radius 1 is 1.39 bits per heavy atom. The number of rotatable bonds is 5. The molecule has 0 saturated carbocycles. The number of methoxy groups -OCH3 is 1. The minimum atomic E-state index is 0.0731. The molecular formula is C15H24N2O. The zero-order valence-electron chi connectivity index (χ0n) is 11.9. The minimum Gasteiger partial charge on any atom is -0.497 e. The van der Waals surface area contributed by atoms with Gasteiger partial charge in [0.15, 0.2) is 0 Å². The molecule has 100 valence electrons. The van der Waals surface area contributed by atoms with Crippen LogP contribution in [0.2, 0.25) is 0 Å². The molecule has 0 saturated heterocycles. The summed E-state index contributed by atoms with van der Waals surface area (Å²) < 4.78 is 5.24. The number of hydrogen-bond donors (Lipinski definition) is 1. The Bertz CT molecular complexity index is 407. The van der Waals surface area contributed by atoms with Gasteiger partial charge in [-0.05, 0) is 44.5 Å². The van der Waals surface area contributed by atoms with E-state index in [9.17, 15) is 0 Å². The zero-order chi connectivity index (χ0) is 13.8. The van der Waals surface area contributed by atoms with Crippen molar-refractivity contribution in [3.63, 3.8) is 0 Å². The van der Waals surface area contributed by atoms with E-state index in [-0.39, 0.29) is 5.54 Å². The summed E-state index contributed by atoms with van der Waals surface area (Å²) in [7, 11) is 1.67. The molecule has 1 aromatic rings. The SMILES string of the molecule is C=CCN(Cc1cc(OC)ccc1N)C(C)(C)C. The Morgan fingerprint density at radius 3 is 2.56 bits per heavy atom.